The molecule has 0 radical (unpaired) electrons. The van der Waals surface area contributed by atoms with Crippen molar-refractivity contribution in [3.63, 3.8) is 0 Å². The predicted octanol–water partition coefficient (Wildman–Crippen LogP) is -8.34. The third-order valence-corrected chi connectivity index (χ3v) is 15.2. The van der Waals surface area contributed by atoms with Crippen LogP contribution in [-0.2, 0) is 99.8 Å². The molecule has 3 aliphatic rings. The van der Waals surface area contributed by atoms with Gasteiger partial charge in [-0.1, -0.05) is 0 Å². The summed E-state index contributed by atoms with van der Waals surface area (Å²) < 4.78 is 83.3. The lowest BCUT2D eigenvalue weighted by Crippen LogP contribution is -2.64. The predicted molar refractivity (Wildman–Crippen MR) is 330 cm³/mol. The number of carbonyl (C=O) groups is 6. The Balaban J connectivity index is 1.32. The van der Waals surface area contributed by atoms with E-state index in [0.29, 0.717) is 19.3 Å². The van der Waals surface area contributed by atoms with Crippen molar-refractivity contribution in [2.24, 2.45) is 0 Å². The van der Waals surface area contributed by atoms with E-state index in [1.807, 2.05) is 0 Å². The molecular weight excluding hydrogens is 1290 g/mol. The summed E-state index contributed by atoms with van der Waals surface area (Å²) in [5.41, 5.74) is -0.790. The number of ether oxygens (including phenoxy) is 15. The van der Waals surface area contributed by atoms with Crippen molar-refractivity contribution in [3.8, 4) is 0 Å². The quantitative estimate of drug-likeness (QED) is 0.0252. The van der Waals surface area contributed by atoms with Crippen LogP contribution in [0, 0.1) is 0 Å². The van der Waals surface area contributed by atoms with Crippen LogP contribution < -0.4 is 37.2 Å². The number of hydrogen-bond donors (Lipinski definition) is 16. The fraction of sp³-hybridized carbons (Fsp3) is 0.898. The van der Waals surface area contributed by atoms with Crippen molar-refractivity contribution in [1.82, 2.24) is 37.2 Å². The molecule has 0 aliphatic carbocycles. The van der Waals surface area contributed by atoms with Crippen molar-refractivity contribution in [1.29, 1.82) is 0 Å². The van der Waals surface area contributed by atoms with E-state index >= 15 is 0 Å². The number of hydrogen-bond acceptors (Lipinski definition) is 31. The van der Waals surface area contributed by atoms with Gasteiger partial charge in [0.05, 0.1) is 159 Å². The number of rotatable bonds is 55. The summed E-state index contributed by atoms with van der Waals surface area (Å²) in [6, 6.07) is -3.19. The molecule has 0 aromatic heterocycles. The third kappa shape index (κ3) is 34.7. The van der Waals surface area contributed by atoms with Crippen molar-refractivity contribution < 1.29 is 146 Å². The first-order valence-corrected chi connectivity index (χ1v) is 32.4. The summed E-state index contributed by atoms with van der Waals surface area (Å²) in [4.78, 5) is 74.2. The molecule has 0 aromatic carbocycles. The molecule has 3 rings (SSSR count). The number of aliphatic hydroxyl groups excluding tert-OH is 9. The van der Waals surface area contributed by atoms with Gasteiger partial charge in [0.15, 0.2) is 18.9 Å². The average Bonchev–Trinajstić information content (AvgIpc) is 0.848. The molecule has 560 valence electrons. The molecule has 6 amide bonds. The van der Waals surface area contributed by atoms with Crippen LogP contribution in [-0.4, -0.2) is 364 Å². The molecule has 0 saturated carbocycles. The van der Waals surface area contributed by atoms with E-state index < -0.39 is 135 Å². The second kappa shape index (κ2) is 51.0. The Hall–Kier alpha value is -4.18. The lowest BCUT2D eigenvalue weighted by Gasteiger charge is -2.42. The van der Waals surface area contributed by atoms with Gasteiger partial charge in [0.1, 0.15) is 73.1 Å². The van der Waals surface area contributed by atoms with Gasteiger partial charge in [-0.05, 0) is 26.3 Å². The molecule has 15 atom stereocenters. The summed E-state index contributed by atoms with van der Waals surface area (Å²) in [6.45, 7) is 6.47. The Labute approximate surface area is 559 Å². The van der Waals surface area contributed by atoms with Crippen LogP contribution in [0.5, 0.6) is 0 Å². The van der Waals surface area contributed by atoms with Gasteiger partial charge >= 0.3 is 0 Å². The monoisotopic (exact) mass is 1400 g/mol. The SMILES string of the molecule is CNC(CCC(=O)NCCOCCOCCOCCOC1OC(CO)C(O)C(O)C1NC(C)=O)(CCC(=O)NCCOCCOCCOCCOC1OC(CO)C(O)C(O)C1NC(C)=O)CCC(=O)NCCOCCOCCOCCOC1OC(CO)C(O)C(O)[C@H]1NC(C)=O. The highest BCUT2D eigenvalue weighted by atomic mass is 16.7. The second-order valence-corrected chi connectivity index (χ2v) is 22.5. The maximum atomic E-state index is 13.1. The Morgan fingerprint density at radius 1 is 0.344 bits per heavy atom. The van der Waals surface area contributed by atoms with Crippen LogP contribution in [0.25, 0.3) is 0 Å². The normalized spacial score (nSPS) is 26.5. The Bertz CT molecular complexity index is 1900. The summed E-state index contributed by atoms with van der Waals surface area (Å²) in [6.07, 6.45) is -14.2. The number of amides is 6. The van der Waals surface area contributed by atoms with Crippen molar-refractivity contribution in [2.75, 3.05) is 185 Å². The fourth-order valence-electron chi connectivity index (χ4n) is 10.00. The van der Waals surface area contributed by atoms with Gasteiger partial charge < -0.3 is 154 Å². The van der Waals surface area contributed by atoms with Gasteiger partial charge in [0.2, 0.25) is 35.4 Å². The standard InChI is InChI=1S/C59H109N7O30/c1-38(70)64-47-53(79)50(76)41(35-67)94-56(47)91-32-29-88-26-23-85-20-17-82-14-11-61-44(73)5-8-59(60-4,9-6-45(74)62-12-15-83-18-21-86-24-27-89-30-33-92-57-48(65-39(2)71)54(80)51(77)42(36-68)95-57)10-7-46(75)63-13-16-84-19-22-87-25-28-90-31-34-93-58-49(66-40(3)72)55(81)52(78)43(37-69)96-58/h41-43,47-58,60,67-69,76-81H,5-37H2,1-4H3,(H,61,73)(H,62,74)(H,63,75)(H,64,70)(H,65,71)(H,66,72)/t41?,42?,43?,47-,48?,49?,50?,51?,52?,53?,54?,55?,56?,57?,58?,59?/m1/s1. The largest absolute Gasteiger partial charge is 0.394 e. The van der Waals surface area contributed by atoms with Gasteiger partial charge in [-0.15, -0.1) is 0 Å². The highest BCUT2D eigenvalue weighted by Gasteiger charge is 2.48. The molecule has 37 nitrogen and oxygen atoms in total. The van der Waals surface area contributed by atoms with Crippen LogP contribution in [0.2, 0.25) is 0 Å². The summed E-state index contributed by atoms with van der Waals surface area (Å²) in [7, 11) is 1.71. The first-order chi connectivity index (χ1) is 46.2. The van der Waals surface area contributed by atoms with Crippen LogP contribution in [0.4, 0.5) is 0 Å². The molecule has 0 bridgehead atoms. The van der Waals surface area contributed by atoms with E-state index in [1.54, 1.807) is 7.05 Å². The molecule has 16 N–H and O–H groups in total. The maximum absolute atomic E-state index is 13.1. The lowest BCUT2D eigenvalue weighted by atomic mass is 9.83. The molecule has 3 heterocycles. The van der Waals surface area contributed by atoms with E-state index in [1.165, 1.54) is 20.8 Å². The molecule has 3 saturated heterocycles. The van der Waals surface area contributed by atoms with Gasteiger partial charge in [-0.2, -0.15) is 0 Å². The Morgan fingerprint density at radius 2 is 0.562 bits per heavy atom. The molecule has 96 heavy (non-hydrogen) atoms. The van der Waals surface area contributed by atoms with Crippen molar-refractivity contribution in [3.05, 3.63) is 0 Å². The minimum Gasteiger partial charge on any atom is -0.394 e. The van der Waals surface area contributed by atoms with Crippen LogP contribution in [0.15, 0.2) is 0 Å². The third-order valence-electron chi connectivity index (χ3n) is 15.2. The molecule has 0 spiro atoms. The van der Waals surface area contributed by atoms with Crippen molar-refractivity contribution >= 4 is 35.4 Å². The molecular formula is C59H109N7O30. The summed E-state index contributed by atoms with van der Waals surface area (Å²) in [5, 5.41) is 109. The highest BCUT2D eigenvalue weighted by molar-refractivity contribution is 5.78. The summed E-state index contributed by atoms with van der Waals surface area (Å²) >= 11 is 0. The zero-order valence-corrected chi connectivity index (χ0v) is 55.6. The van der Waals surface area contributed by atoms with Gasteiger partial charge in [0, 0.05) is 65.2 Å². The average molecular weight is 1400 g/mol. The topological polar surface area (TPSA) is 507 Å². The maximum Gasteiger partial charge on any atom is 0.220 e. The second-order valence-electron chi connectivity index (χ2n) is 22.5. The van der Waals surface area contributed by atoms with Gasteiger partial charge in [-0.3, -0.25) is 28.8 Å². The molecule has 37 heteroatoms. The number of nitrogens with one attached hydrogen (secondary N) is 7. The number of aliphatic hydroxyl groups is 9. The van der Waals surface area contributed by atoms with Crippen LogP contribution >= 0.6 is 0 Å². The van der Waals surface area contributed by atoms with E-state index in [9.17, 15) is 74.7 Å². The molecule has 3 fully saturated rings. The minimum atomic E-state index is -1.43. The first kappa shape index (κ1) is 86.0. The van der Waals surface area contributed by atoms with Crippen LogP contribution in [0.1, 0.15) is 59.3 Å². The lowest BCUT2D eigenvalue weighted by molar-refractivity contribution is -0.272. The fourth-order valence-corrected chi connectivity index (χ4v) is 10.00. The highest BCUT2D eigenvalue weighted by Crippen LogP contribution is 2.27. The van der Waals surface area contributed by atoms with E-state index in [2.05, 4.69) is 37.2 Å². The molecule has 14 unspecified atom stereocenters. The minimum absolute atomic E-state index is 0.0153. The van der Waals surface area contributed by atoms with Crippen molar-refractivity contribution in [2.45, 2.75) is 157 Å². The number of carbonyl (C=O) groups excluding carboxylic acids is 6. The summed E-state index contributed by atoms with van der Waals surface area (Å²) in [5.74, 6) is -2.19. The Morgan fingerprint density at radius 3 is 0.771 bits per heavy atom. The van der Waals surface area contributed by atoms with E-state index in [0.717, 1.165) is 0 Å². The smallest absolute Gasteiger partial charge is 0.220 e. The van der Waals surface area contributed by atoms with Gasteiger partial charge in [-0.25, -0.2) is 0 Å². The first-order valence-electron chi connectivity index (χ1n) is 32.4. The van der Waals surface area contributed by atoms with E-state index in [4.69, 9.17) is 71.1 Å². The molecule has 3 aliphatic heterocycles. The zero-order chi connectivity index (χ0) is 70.5. The Kier molecular flexibility index (Phi) is 45.7. The zero-order valence-electron chi connectivity index (χ0n) is 55.6. The molecule has 0 aromatic rings. The van der Waals surface area contributed by atoms with Crippen LogP contribution in [0.3, 0.4) is 0 Å². The van der Waals surface area contributed by atoms with Gasteiger partial charge in [0.25, 0.3) is 0 Å². The van der Waals surface area contributed by atoms with E-state index in [-0.39, 0.29) is 195 Å².